The van der Waals surface area contributed by atoms with Crippen LogP contribution in [-0.2, 0) is 24.1 Å². The Hall–Kier alpha value is -2.29. The van der Waals surface area contributed by atoms with E-state index in [1.54, 1.807) is 29.5 Å². The molecule has 7 nitrogen and oxygen atoms in total. The highest BCUT2D eigenvalue weighted by Gasteiger charge is 2.26. The minimum absolute atomic E-state index is 0.231. The van der Waals surface area contributed by atoms with Crippen molar-refractivity contribution in [3.63, 3.8) is 0 Å². The van der Waals surface area contributed by atoms with E-state index in [0.29, 0.717) is 18.3 Å². The number of morpholine rings is 1. The van der Waals surface area contributed by atoms with Gasteiger partial charge in [-0.05, 0) is 36.8 Å². The molecule has 1 aliphatic carbocycles. The van der Waals surface area contributed by atoms with E-state index in [4.69, 9.17) is 19.4 Å². The molecule has 5 rings (SSSR count). The third kappa shape index (κ3) is 3.80. The molecule has 0 bridgehead atoms. The van der Waals surface area contributed by atoms with Gasteiger partial charge < -0.3 is 14.7 Å². The van der Waals surface area contributed by atoms with Gasteiger partial charge in [0.2, 0.25) is 5.88 Å². The topological polar surface area (TPSA) is 74.4 Å². The Labute approximate surface area is 173 Å². The molecule has 29 heavy (non-hydrogen) atoms. The summed E-state index contributed by atoms with van der Waals surface area (Å²) in [4.78, 5) is 14.3. The molecular formula is C21H24N4O3S. The standard InChI is InChI=1S/C21H24N4O3S/c1-14-5-6-15-16(12-14)29-21-19(15)20(28-18-4-2-3-7-25(18)26)22-17(23-21)13-24-8-10-27-11-9-24/h2-4,7,14H,5-6,8-13H2,1H3/t14-/m1/s1. The fourth-order valence-electron chi connectivity index (χ4n) is 4.05. The van der Waals surface area contributed by atoms with E-state index in [2.05, 4.69) is 11.8 Å². The van der Waals surface area contributed by atoms with Crippen molar-refractivity contribution in [1.29, 1.82) is 0 Å². The maximum absolute atomic E-state index is 12.2. The van der Waals surface area contributed by atoms with Gasteiger partial charge in [0.05, 0.1) is 31.2 Å². The van der Waals surface area contributed by atoms with Crippen LogP contribution >= 0.6 is 11.3 Å². The Morgan fingerprint density at radius 2 is 2.17 bits per heavy atom. The van der Waals surface area contributed by atoms with Gasteiger partial charge in [-0.2, -0.15) is 4.98 Å². The fraction of sp³-hybridized carbons (Fsp3) is 0.476. The van der Waals surface area contributed by atoms with E-state index in [9.17, 15) is 5.21 Å². The second kappa shape index (κ2) is 7.85. The summed E-state index contributed by atoms with van der Waals surface area (Å²) in [6, 6.07) is 5.15. The molecule has 3 aromatic heterocycles. The van der Waals surface area contributed by atoms with Gasteiger partial charge in [0.25, 0.3) is 0 Å². The zero-order chi connectivity index (χ0) is 19.8. The molecule has 0 aromatic carbocycles. The van der Waals surface area contributed by atoms with Gasteiger partial charge in [-0.15, -0.1) is 16.1 Å². The summed E-state index contributed by atoms with van der Waals surface area (Å²) in [7, 11) is 0. The molecule has 1 atom stereocenters. The molecule has 2 aliphatic rings. The monoisotopic (exact) mass is 412 g/mol. The molecule has 0 radical (unpaired) electrons. The number of pyridine rings is 1. The third-order valence-electron chi connectivity index (χ3n) is 5.63. The molecular weight excluding hydrogens is 388 g/mol. The molecule has 0 unspecified atom stereocenters. The zero-order valence-electron chi connectivity index (χ0n) is 16.5. The second-order valence-corrected chi connectivity index (χ2v) is 8.92. The van der Waals surface area contributed by atoms with Crippen LogP contribution in [0.3, 0.4) is 0 Å². The van der Waals surface area contributed by atoms with Crippen molar-refractivity contribution in [2.24, 2.45) is 5.92 Å². The SMILES string of the molecule is C[C@@H]1CCc2c(sc3nc(CN4CCOCC4)nc(Oc4cccc[n+]4[O-])c23)C1. The molecule has 3 aromatic rings. The molecule has 0 N–H and O–H groups in total. The van der Waals surface area contributed by atoms with Crippen molar-refractivity contribution in [3.05, 3.63) is 45.9 Å². The van der Waals surface area contributed by atoms with Crippen LogP contribution in [0.4, 0.5) is 0 Å². The smallest absolute Gasteiger partial charge is 0.386 e. The first-order valence-electron chi connectivity index (χ1n) is 10.1. The van der Waals surface area contributed by atoms with Gasteiger partial charge in [-0.25, -0.2) is 4.98 Å². The molecule has 0 amide bonds. The lowest BCUT2D eigenvalue weighted by Crippen LogP contribution is -2.36. The van der Waals surface area contributed by atoms with Gasteiger partial charge in [0.1, 0.15) is 10.7 Å². The summed E-state index contributed by atoms with van der Waals surface area (Å²) in [6.45, 7) is 6.16. The summed E-state index contributed by atoms with van der Waals surface area (Å²) >= 11 is 1.75. The maximum Gasteiger partial charge on any atom is 0.386 e. The number of nitrogens with zero attached hydrogens (tertiary/aromatic N) is 4. The van der Waals surface area contributed by atoms with Crippen LogP contribution < -0.4 is 9.47 Å². The van der Waals surface area contributed by atoms with Gasteiger partial charge in [0.15, 0.2) is 6.20 Å². The molecule has 1 fully saturated rings. The first-order valence-corrected chi connectivity index (χ1v) is 11.0. The molecule has 1 aliphatic heterocycles. The minimum Gasteiger partial charge on any atom is -0.616 e. The van der Waals surface area contributed by atoms with E-state index >= 15 is 0 Å². The average Bonchev–Trinajstić information content (AvgIpc) is 3.08. The molecule has 0 spiro atoms. The Balaban J connectivity index is 1.58. The van der Waals surface area contributed by atoms with Crippen LogP contribution in [0.25, 0.3) is 10.2 Å². The lowest BCUT2D eigenvalue weighted by molar-refractivity contribution is -0.611. The van der Waals surface area contributed by atoms with Crippen LogP contribution in [-0.4, -0.2) is 41.2 Å². The highest BCUT2D eigenvalue weighted by atomic mass is 32.1. The van der Waals surface area contributed by atoms with Gasteiger partial charge >= 0.3 is 5.88 Å². The second-order valence-electron chi connectivity index (χ2n) is 7.83. The predicted molar refractivity (Wildman–Crippen MR) is 110 cm³/mol. The number of hydrogen-bond donors (Lipinski definition) is 0. The molecule has 1 saturated heterocycles. The van der Waals surface area contributed by atoms with Crippen molar-refractivity contribution in [3.8, 4) is 11.8 Å². The zero-order valence-corrected chi connectivity index (χ0v) is 17.3. The Kier molecular flexibility index (Phi) is 5.07. The largest absolute Gasteiger partial charge is 0.616 e. The number of fused-ring (bicyclic) bond motifs is 3. The molecule has 152 valence electrons. The third-order valence-corrected chi connectivity index (χ3v) is 6.77. The van der Waals surface area contributed by atoms with Crippen molar-refractivity contribution in [2.75, 3.05) is 26.3 Å². The highest BCUT2D eigenvalue weighted by Crippen LogP contribution is 2.41. The first-order chi connectivity index (χ1) is 14.2. The number of hydrogen-bond acceptors (Lipinski definition) is 7. The van der Waals surface area contributed by atoms with Crippen molar-refractivity contribution < 1.29 is 14.2 Å². The van der Waals surface area contributed by atoms with Crippen LogP contribution in [0, 0.1) is 11.1 Å². The van der Waals surface area contributed by atoms with Crippen molar-refractivity contribution in [1.82, 2.24) is 14.9 Å². The summed E-state index contributed by atoms with van der Waals surface area (Å²) in [5, 5.41) is 13.1. The van der Waals surface area contributed by atoms with Crippen LogP contribution in [0.5, 0.6) is 11.8 Å². The first kappa shape index (κ1) is 18.7. The quantitative estimate of drug-likeness (QED) is 0.484. The van der Waals surface area contributed by atoms with Gasteiger partial charge in [0, 0.05) is 24.0 Å². The molecule has 4 heterocycles. The fourth-order valence-corrected chi connectivity index (χ4v) is 5.44. The predicted octanol–water partition coefficient (Wildman–Crippen LogP) is 3.07. The van der Waals surface area contributed by atoms with Crippen LogP contribution in [0.1, 0.15) is 29.6 Å². The van der Waals surface area contributed by atoms with Crippen molar-refractivity contribution in [2.45, 2.75) is 32.7 Å². The summed E-state index contributed by atoms with van der Waals surface area (Å²) in [5.74, 6) is 2.14. The van der Waals surface area contributed by atoms with E-state index in [1.807, 2.05) is 0 Å². The Morgan fingerprint density at radius 1 is 1.31 bits per heavy atom. The van der Waals surface area contributed by atoms with Crippen molar-refractivity contribution >= 4 is 21.6 Å². The summed E-state index contributed by atoms with van der Waals surface area (Å²) in [6.07, 6.45) is 4.67. The van der Waals surface area contributed by atoms with E-state index in [0.717, 1.165) is 66.3 Å². The molecule has 8 heteroatoms. The number of ether oxygens (including phenoxy) is 2. The maximum atomic E-state index is 12.2. The average molecular weight is 413 g/mol. The van der Waals surface area contributed by atoms with Crippen LogP contribution in [0.2, 0.25) is 0 Å². The lowest BCUT2D eigenvalue weighted by atomic mass is 9.89. The van der Waals surface area contributed by atoms with E-state index in [1.165, 1.54) is 16.6 Å². The number of thiophene rings is 1. The normalized spacial score (nSPS) is 20.0. The Bertz CT molecular complexity index is 1030. The number of aryl methyl sites for hydroxylation is 1. The minimum atomic E-state index is 0.231. The number of rotatable bonds is 4. The Morgan fingerprint density at radius 3 is 3.00 bits per heavy atom. The van der Waals surface area contributed by atoms with Crippen LogP contribution in [0.15, 0.2) is 24.4 Å². The number of aromatic nitrogens is 3. The van der Waals surface area contributed by atoms with E-state index in [-0.39, 0.29) is 5.88 Å². The lowest BCUT2D eigenvalue weighted by Gasteiger charge is -2.25. The van der Waals surface area contributed by atoms with Gasteiger partial charge in [-0.1, -0.05) is 6.92 Å². The summed E-state index contributed by atoms with van der Waals surface area (Å²) in [5.41, 5.74) is 1.30. The molecule has 0 saturated carbocycles. The highest BCUT2D eigenvalue weighted by molar-refractivity contribution is 7.18. The van der Waals surface area contributed by atoms with E-state index < -0.39 is 0 Å². The summed E-state index contributed by atoms with van der Waals surface area (Å²) < 4.78 is 12.2. The van der Waals surface area contributed by atoms with Gasteiger partial charge in [-0.3, -0.25) is 4.90 Å².